The largest absolute Gasteiger partial charge is 0.480 e. The van der Waals surface area contributed by atoms with Gasteiger partial charge >= 0.3 is 0 Å². The van der Waals surface area contributed by atoms with Gasteiger partial charge in [0.2, 0.25) is 5.88 Å². The van der Waals surface area contributed by atoms with Crippen molar-refractivity contribution in [3.63, 3.8) is 0 Å². The van der Waals surface area contributed by atoms with Crippen LogP contribution < -0.4 is 4.74 Å². The summed E-state index contributed by atoms with van der Waals surface area (Å²) in [6.07, 6.45) is 5.07. The molecule has 0 radical (unpaired) electrons. The predicted molar refractivity (Wildman–Crippen MR) is 158 cm³/mol. The second-order valence-corrected chi connectivity index (χ2v) is 12.1. The topological polar surface area (TPSA) is 78.0 Å². The van der Waals surface area contributed by atoms with E-state index in [1.165, 1.54) is 16.3 Å². The number of para-hydroxylation sites is 1. The van der Waals surface area contributed by atoms with E-state index < -0.39 is 0 Å². The van der Waals surface area contributed by atoms with Crippen molar-refractivity contribution in [1.82, 2.24) is 24.1 Å². The summed E-state index contributed by atoms with van der Waals surface area (Å²) < 4.78 is 10.0. The molecule has 0 saturated heterocycles. The zero-order chi connectivity index (χ0) is 28.2. The molecule has 2 aromatic carbocycles. The van der Waals surface area contributed by atoms with E-state index in [-0.39, 0.29) is 37.9 Å². The van der Waals surface area contributed by atoms with Crippen LogP contribution in [0.1, 0.15) is 52.7 Å². The molecule has 41 heavy (non-hydrogen) atoms. The Morgan fingerprint density at radius 2 is 1.51 bits per heavy atom. The third kappa shape index (κ3) is 5.39. The predicted octanol–water partition coefficient (Wildman–Crippen LogP) is 7.65. The SMILES string of the molecule is CC(C)(C)c1cc(Oc2[c-]c3c(cc2)c2ccccc2n3-c2cc(C(C)(C)C)ccn2)nc(-n2ccnc2O)c1.[Pt]. The number of hydrogen-bond donors (Lipinski definition) is 1. The summed E-state index contributed by atoms with van der Waals surface area (Å²) >= 11 is 0. The van der Waals surface area contributed by atoms with Crippen LogP contribution in [0.3, 0.4) is 0 Å². The molecular formula is C33H32N5O2Pt-. The molecule has 0 amide bonds. The molecule has 1 N–H and O–H groups in total. The van der Waals surface area contributed by atoms with E-state index in [1.54, 1.807) is 6.20 Å². The van der Waals surface area contributed by atoms with Gasteiger partial charge in [-0.05, 0) is 51.6 Å². The first-order valence-electron chi connectivity index (χ1n) is 13.3. The summed E-state index contributed by atoms with van der Waals surface area (Å²) in [6, 6.07) is 23.7. The summed E-state index contributed by atoms with van der Waals surface area (Å²) in [6.45, 7) is 13.0. The van der Waals surface area contributed by atoms with Crippen LogP contribution in [-0.2, 0) is 31.9 Å². The van der Waals surface area contributed by atoms with E-state index in [1.807, 2.05) is 36.5 Å². The second kappa shape index (κ2) is 10.5. The maximum Gasteiger partial charge on any atom is 0.299 e. The zero-order valence-electron chi connectivity index (χ0n) is 23.9. The Hall–Kier alpha value is -3.96. The van der Waals surface area contributed by atoms with Crippen molar-refractivity contribution in [3.05, 3.63) is 96.4 Å². The molecule has 8 heteroatoms. The van der Waals surface area contributed by atoms with Crippen LogP contribution in [0, 0.1) is 6.07 Å². The Morgan fingerprint density at radius 1 is 0.780 bits per heavy atom. The van der Waals surface area contributed by atoms with Gasteiger partial charge in [-0.15, -0.1) is 17.5 Å². The molecule has 0 aliphatic carbocycles. The number of aromatic nitrogens is 5. The number of rotatable bonds is 4. The van der Waals surface area contributed by atoms with Gasteiger partial charge in [-0.25, -0.2) is 9.97 Å². The van der Waals surface area contributed by atoms with Gasteiger partial charge in [-0.1, -0.05) is 65.3 Å². The van der Waals surface area contributed by atoms with E-state index >= 15 is 0 Å². The van der Waals surface area contributed by atoms with Crippen molar-refractivity contribution in [3.8, 4) is 29.3 Å². The van der Waals surface area contributed by atoms with Crippen molar-refractivity contribution in [2.75, 3.05) is 0 Å². The minimum absolute atomic E-state index is 0. The molecule has 6 aromatic rings. The number of benzene rings is 2. The van der Waals surface area contributed by atoms with Gasteiger partial charge < -0.3 is 14.4 Å². The van der Waals surface area contributed by atoms with E-state index in [4.69, 9.17) is 9.72 Å². The second-order valence-electron chi connectivity index (χ2n) is 12.1. The van der Waals surface area contributed by atoms with Gasteiger partial charge in [-0.2, -0.15) is 11.1 Å². The van der Waals surface area contributed by atoms with Crippen LogP contribution in [0.4, 0.5) is 0 Å². The number of nitrogens with zero attached hydrogens (tertiary/aromatic N) is 5. The van der Waals surface area contributed by atoms with Gasteiger partial charge in [0, 0.05) is 57.0 Å². The van der Waals surface area contributed by atoms with Gasteiger partial charge in [0.15, 0.2) is 0 Å². The Kier molecular flexibility index (Phi) is 7.29. The summed E-state index contributed by atoms with van der Waals surface area (Å²) in [5.74, 6) is 2.29. The summed E-state index contributed by atoms with van der Waals surface area (Å²) in [4.78, 5) is 13.4. The minimum atomic E-state index is -0.171. The molecule has 212 valence electrons. The third-order valence-corrected chi connectivity index (χ3v) is 7.13. The Morgan fingerprint density at radius 3 is 2.22 bits per heavy atom. The molecule has 4 heterocycles. The Labute approximate surface area is 254 Å². The molecule has 7 nitrogen and oxygen atoms in total. The monoisotopic (exact) mass is 725 g/mol. The van der Waals surface area contributed by atoms with Gasteiger partial charge in [0.25, 0.3) is 6.01 Å². The Bertz CT molecular complexity index is 1880. The van der Waals surface area contributed by atoms with Crippen molar-refractivity contribution >= 4 is 21.8 Å². The molecule has 0 atom stereocenters. The van der Waals surface area contributed by atoms with Crippen LogP contribution in [-0.4, -0.2) is 29.2 Å². The van der Waals surface area contributed by atoms with Crippen molar-refractivity contribution in [2.45, 2.75) is 52.4 Å². The normalized spacial score (nSPS) is 12.0. The average molecular weight is 726 g/mol. The van der Waals surface area contributed by atoms with Crippen LogP contribution in [0.5, 0.6) is 17.6 Å². The fraction of sp³-hybridized carbons (Fsp3) is 0.242. The minimum Gasteiger partial charge on any atom is -0.480 e. The van der Waals surface area contributed by atoms with Crippen molar-refractivity contribution in [1.29, 1.82) is 0 Å². The molecule has 0 fully saturated rings. The van der Waals surface area contributed by atoms with Crippen molar-refractivity contribution < 1.29 is 30.9 Å². The maximum atomic E-state index is 10.2. The average Bonchev–Trinajstić information content (AvgIpc) is 3.48. The molecule has 0 bridgehead atoms. The number of aromatic hydroxyl groups is 1. The standard InChI is InChI=1S/C33H32N5O2.Pt/c1-32(2,3)21-13-14-34-28(17-21)38-26-10-8-7-9-24(26)25-12-11-23(20-27(25)38)40-30-19-22(33(4,5)6)18-29(36-30)37-16-15-35-31(37)39;/h7-19H,1-6H3,(H,35,39);/q-1;. The molecule has 6 rings (SSSR count). The summed E-state index contributed by atoms with van der Waals surface area (Å²) in [5, 5.41) is 12.4. The Balaban J connectivity index is 0.00000337. The van der Waals surface area contributed by atoms with Crippen LogP contribution in [0.15, 0.2) is 79.3 Å². The first-order chi connectivity index (χ1) is 19.0. The first-order valence-corrected chi connectivity index (χ1v) is 13.3. The molecule has 4 aromatic heterocycles. The number of pyridine rings is 2. The smallest absolute Gasteiger partial charge is 0.299 e. The van der Waals surface area contributed by atoms with E-state index in [9.17, 15) is 5.11 Å². The third-order valence-electron chi connectivity index (χ3n) is 7.13. The number of fused-ring (bicyclic) bond motifs is 3. The molecule has 0 aliphatic rings. The van der Waals surface area contributed by atoms with Crippen LogP contribution in [0.25, 0.3) is 33.4 Å². The first kappa shape index (κ1) is 28.6. The quantitative estimate of drug-likeness (QED) is 0.189. The van der Waals surface area contributed by atoms with E-state index in [0.29, 0.717) is 17.4 Å². The van der Waals surface area contributed by atoms with Crippen molar-refractivity contribution in [2.24, 2.45) is 0 Å². The summed E-state index contributed by atoms with van der Waals surface area (Å²) in [7, 11) is 0. The molecule has 0 saturated carbocycles. The maximum absolute atomic E-state index is 10.2. The van der Waals surface area contributed by atoms with E-state index in [2.05, 4.69) is 92.5 Å². The van der Waals surface area contributed by atoms with Gasteiger partial charge in [-0.3, -0.25) is 4.57 Å². The number of ether oxygens (including phenoxy) is 1. The molecular weight excluding hydrogens is 693 g/mol. The van der Waals surface area contributed by atoms with Gasteiger partial charge in [0.1, 0.15) is 11.6 Å². The van der Waals surface area contributed by atoms with Crippen LogP contribution in [0.2, 0.25) is 0 Å². The molecule has 0 spiro atoms. The van der Waals surface area contributed by atoms with Crippen LogP contribution >= 0.6 is 0 Å². The number of hydrogen-bond acceptors (Lipinski definition) is 5. The zero-order valence-corrected chi connectivity index (χ0v) is 26.2. The number of imidazole rings is 1. The fourth-order valence-electron chi connectivity index (χ4n) is 4.87. The van der Waals surface area contributed by atoms with Gasteiger partial charge in [0.05, 0.1) is 0 Å². The van der Waals surface area contributed by atoms with E-state index in [0.717, 1.165) is 33.2 Å². The fourth-order valence-corrected chi connectivity index (χ4v) is 4.87. The molecule has 0 unspecified atom stereocenters. The molecule has 0 aliphatic heterocycles. The summed E-state index contributed by atoms with van der Waals surface area (Å²) in [5.41, 5.74) is 3.95.